The normalized spacial score (nSPS) is 11.0. The van der Waals surface area contributed by atoms with E-state index < -0.39 is 10.0 Å². The Morgan fingerprint density at radius 1 is 1.43 bits per heavy atom. The van der Waals surface area contributed by atoms with Crippen LogP contribution in [0.2, 0.25) is 0 Å². The zero-order valence-corrected chi connectivity index (χ0v) is 12.1. The van der Waals surface area contributed by atoms with Crippen molar-refractivity contribution in [2.24, 2.45) is 5.73 Å². The molecule has 0 aliphatic carbocycles. The molecule has 4 N–H and O–H groups in total. The molecule has 0 spiro atoms. The number of hydrogen-bond acceptors (Lipinski definition) is 6. The quantitative estimate of drug-likeness (QED) is 0.641. The van der Waals surface area contributed by atoms with Crippen molar-refractivity contribution in [1.29, 1.82) is 0 Å². The molecule has 1 aromatic carbocycles. The third-order valence-electron chi connectivity index (χ3n) is 2.64. The molecule has 0 atom stereocenters. The van der Waals surface area contributed by atoms with Gasteiger partial charge in [-0.2, -0.15) is 5.21 Å². The largest absolute Gasteiger partial charge is 0.320 e. The Bertz CT molecular complexity index is 774. The second kappa shape index (κ2) is 6.45. The maximum atomic E-state index is 12.2. The van der Waals surface area contributed by atoms with Gasteiger partial charge in [0.1, 0.15) is 0 Å². The summed E-state index contributed by atoms with van der Waals surface area (Å²) in [5, 5.41) is 13.0. The SMILES string of the molecule is Cc1cc(S(=O)(=O)NCc2nn[nH]n2)ccc1C#CCN. The van der Waals surface area contributed by atoms with Crippen molar-refractivity contribution in [2.45, 2.75) is 18.4 Å². The maximum absolute atomic E-state index is 12.2. The molecule has 8 nitrogen and oxygen atoms in total. The van der Waals surface area contributed by atoms with E-state index in [1.807, 2.05) is 0 Å². The Hall–Kier alpha value is -2.28. The number of rotatable bonds is 4. The minimum absolute atomic E-state index is 0.0351. The number of aryl methyl sites for hydroxylation is 1. The van der Waals surface area contributed by atoms with Crippen LogP contribution in [0.15, 0.2) is 23.1 Å². The van der Waals surface area contributed by atoms with Crippen LogP contribution in [-0.4, -0.2) is 35.6 Å². The first-order valence-corrected chi connectivity index (χ1v) is 7.53. The van der Waals surface area contributed by atoms with E-state index in [1.54, 1.807) is 19.1 Å². The molecule has 0 amide bonds. The molecule has 0 aliphatic heterocycles. The third kappa shape index (κ3) is 3.85. The molecule has 0 saturated heterocycles. The molecule has 9 heteroatoms. The van der Waals surface area contributed by atoms with Crippen LogP contribution >= 0.6 is 0 Å². The summed E-state index contributed by atoms with van der Waals surface area (Å²) < 4.78 is 26.7. The highest BCUT2D eigenvalue weighted by Gasteiger charge is 2.15. The first-order chi connectivity index (χ1) is 10.0. The number of nitrogens with zero attached hydrogens (tertiary/aromatic N) is 3. The van der Waals surface area contributed by atoms with Gasteiger partial charge in [0.05, 0.1) is 18.0 Å². The third-order valence-corrected chi connectivity index (χ3v) is 4.04. The Kier molecular flexibility index (Phi) is 4.64. The van der Waals surface area contributed by atoms with Gasteiger partial charge in [-0.05, 0) is 30.7 Å². The summed E-state index contributed by atoms with van der Waals surface area (Å²) >= 11 is 0. The van der Waals surface area contributed by atoms with Gasteiger partial charge in [0, 0.05) is 5.56 Å². The van der Waals surface area contributed by atoms with E-state index in [4.69, 9.17) is 5.73 Å². The van der Waals surface area contributed by atoms with Crippen LogP contribution in [0.1, 0.15) is 17.0 Å². The van der Waals surface area contributed by atoms with E-state index in [2.05, 4.69) is 37.2 Å². The maximum Gasteiger partial charge on any atom is 0.240 e. The van der Waals surface area contributed by atoms with Gasteiger partial charge in [0.2, 0.25) is 10.0 Å². The molecule has 0 saturated carbocycles. The molecule has 1 aromatic heterocycles. The fraction of sp³-hybridized carbons (Fsp3) is 0.250. The summed E-state index contributed by atoms with van der Waals surface area (Å²) in [5.41, 5.74) is 6.82. The Morgan fingerprint density at radius 3 is 2.86 bits per heavy atom. The van der Waals surface area contributed by atoms with Crippen molar-refractivity contribution in [2.75, 3.05) is 6.54 Å². The Morgan fingerprint density at radius 2 is 2.24 bits per heavy atom. The van der Waals surface area contributed by atoms with E-state index in [0.29, 0.717) is 0 Å². The molecular weight excluding hydrogens is 292 g/mol. The van der Waals surface area contributed by atoms with E-state index >= 15 is 0 Å². The minimum atomic E-state index is -3.64. The summed E-state index contributed by atoms with van der Waals surface area (Å²) in [6.45, 7) is 2.01. The molecular formula is C12H14N6O2S. The summed E-state index contributed by atoms with van der Waals surface area (Å²) in [5.74, 6) is 5.88. The van der Waals surface area contributed by atoms with Gasteiger partial charge in [-0.25, -0.2) is 13.1 Å². The van der Waals surface area contributed by atoms with Crippen LogP contribution in [0.25, 0.3) is 0 Å². The van der Waals surface area contributed by atoms with Crippen LogP contribution in [0, 0.1) is 18.8 Å². The summed E-state index contributed by atoms with van der Waals surface area (Å²) in [7, 11) is -3.64. The lowest BCUT2D eigenvalue weighted by Crippen LogP contribution is -2.24. The predicted octanol–water partition coefficient (Wildman–Crippen LogP) is -0.703. The molecule has 21 heavy (non-hydrogen) atoms. The van der Waals surface area contributed by atoms with E-state index in [1.165, 1.54) is 6.07 Å². The lowest BCUT2D eigenvalue weighted by molar-refractivity contribution is 0.579. The zero-order chi connectivity index (χ0) is 15.3. The first kappa shape index (κ1) is 15.1. The van der Waals surface area contributed by atoms with Crippen molar-refractivity contribution < 1.29 is 8.42 Å². The van der Waals surface area contributed by atoms with Gasteiger partial charge in [-0.1, -0.05) is 17.1 Å². The predicted molar refractivity (Wildman–Crippen MR) is 75.3 cm³/mol. The highest BCUT2D eigenvalue weighted by molar-refractivity contribution is 7.89. The second-order valence-electron chi connectivity index (χ2n) is 4.14. The second-order valence-corrected chi connectivity index (χ2v) is 5.90. The molecule has 0 bridgehead atoms. The molecule has 1 heterocycles. The molecule has 0 unspecified atom stereocenters. The summed E-state index contributed by atoms with van der Waals surface area (Å²) in [6.07, 6.45) is 0. The lowest BCUT2D eigenvalue weighted by Gasteiger charge is -2.06. The van der Waals surface area contributed by atoms with Gasteiger partial charge in [0.25, 0.3) is 0 Å². The van der Waals surface area contributed by atoms with Gasteiger partial charge < -0.3 is 5.73 Å². The molecule has 0 aliphatic rings. The highest BCUT2D eigenvalue weighted by Crippen LogP contribution is 2.15. The highest BCUT2D eigenvalue weighted by atomic mass is 32.2. The van der Waals surface area contributed by atoms with Crippen LogP contribution in [0.5, 0.6) is 0 Å². The smallest absolute Gasteiger partial charge is 0.240 e. The molecule has 0 radical (unpaired) electrons. The van der Waals surface area contributed by atoms with Crippen molar-refractivity contribution >= 4 is 10.0 Å². The van der Waals surface area contributed by atoms with Crippen molar-refractivity contribution in [1.82, 2.24) is 25.3 Å². The number of H-pyrrole nitrogens is 1. The molecule has 0 fully saturated rings. The topological polar surface area (TPSA) is 127 Å². The average molecular weight is 306 g/mol. The number of hydrogen-bond donors (Lipinski definition) is 3. The number of benzene rings is 1. The van der Waals surface area contributed by atoms with E-state index in [0.717, 1.165) is 11.1 Å². The molecule has 2 aromatic rings. The van der Waals surface area contributed by atoms with Crippen molar-refractivity contribution in [3.05, 3.63) is 35.2 Å². The fourth-order valence-electron chi connectivity index (χ4n) is 1.59. The van der Waals surface area contributed by atoms with E-state index in [-0.39, 0.29) is 23.8 Å². The van der Waals surface area contributed by atoms with Gasteiger partial charge in [-0.15, -0.1) is 10.2 Å². The number of nitrogens with two attached hydrogens (primary N) is 1. The van der Waals surface area contributed by atoms with Crippen LogP contribution in [-0.2, 0) is 16.6 Å². The number of tetrazole rings is 1. The van der Waals surface area contributed by atoms with Crippen LogP contribution in [0.3, 0.4) is 0 Å². The molecule has 110 valence electrons. The van der Waals surface area contributed by atoms with Gasteiger partial charge >= 0.3 is 0 Å². The summed E-state index contributed by atoms with van der Waals surface area (Å²) in [4.78, 5) is 0.154. The fourth-order valence-corrected chi connectivity index (χ4v) is 2.66. The number of sulfonamides is 1. The summed E-state index contributed by atoms with van der Waals surface area (Å²) in [6, 6.07) is 4.70. The number of nitrogens with one attached hydrogen (secondary N) is 2. The van der Waals surface area contributed by atoms with Gasteiger partial charge in [0.15, 0.2) is 5.82 Å². The van der Waals surface area contributed by atoms with Crippen molar-refractivity contribution in [3.8, 4) is 11.8 Å². The lowest BCUT2D eigenvalue weighted by atomic mass is 10.1. The van der Waals surface area contributed by atoms with Crippen LogP contribution in [0.4, 0.5) is 0 Å². The Balaban J connectivity index is 2.18. The Labute approximate surface area is 122 Å². The zero-order valence-electron chi connectivity index (χ0n) is 11.3. The standard InChI is InChI=1S/C12H14N6O2S/c1-9-7-11(5-4-10(9)3-2-6-13)21(19,20)14-8-12-15-17-18-16-12/h4-5,7,14H,6,8,13H2,1H3,(H,15,16,17,18). The van der Waals surface area contributed by atoms with E-state index in [9.17, 15) is 8.42 Å². The van der Waals surface area contributed by atoms with Crippen molar-refractivity contribution in [3.63, 3.8) is 0 Å². The number of aromatic nitrogens is 4. The number of aromatic amines is 1. The van der Waals surface area contributed by atoms with Crippen LogP contribution < -0.4 is 10.5 Å². The molecule has 2 rings (SSSR count). The average Bonchev–Trinajstić information content (AvgIpc) is 2.97. The minimum Gasteiger partial charge on any atom is -0.320 e. The van der Waals surface area contributed by atoms with Gasteiger partial charge in [-0.3, -0.25) is 0 Å². The monoisotopic (exact) mass is 306 g/mol. The first-order valence-electron chi connectivity index (χ1n) is 6.04.